The van der Waals surface area contributed by atoms with E-state index in [0.29, 0.717) is 23.8 Å². The highest BCUT2D eigenvalue weighted by Crippen LogP contribution is 2.22. The third kappa shape index (κ3) is 4.83. The Morgan fingerprint density at radius 3 is 2.75 bits per heavy atom. The molecule has 16 heavy (non-hydrogen) atoms. The van der Waals surface area contributed by atoms with E-state index in [9.17, 15) is 8.42 Å². The second-order valence-corrected chi connectivity index (χ2v) is 5.65. The molecule has 0 unspecified atom stereocenters. The van der Waals surface area contributed by atoms with Crippen LogP contribution in [0.25, 0.3) is 0 Å². The summed E-state index contributed by atoms with van der Waals surface area (Å²) in [7, 11) is -3.40. The van der Waals surface area contributed by atoms with E-state index in [-0.39, 0.29) is 5.75 Å². The lowest BCUT2D eigenvalue weighted by Crippen LogP contribution is -2.18. The number of hydrogen-bond acceptors (Lipinski definition) is 3. The first-order valence-electron chi connectivity index (χ1n) is 4.78. The van der Waals surface area contributed by atoms with Crippen LogP contribution < -0.4 is 9.88 Å². The minimum Gasteiger partial charge on any atom is -0.493 e. The Kier molecular flexibility index (Phi) is 4.58. The fraction of sp³-hybridized carbons (Fsp3) is 0.400. The van der Waals surface area contributed by atoms with Gasteiger partial charge in [-0.25, -0.2) is 13.6 Å². The monoisotopic (exact) mass is 263 g/mol. The van der Waals surface area contributed by atoms with Crippen molar-refractivity contribution in [2.75, 3.05) is 12.4 Å². The van der Waals surface area contributed by atoms with Crippen LogP contribution in [0.1, 0.15) is 12.0 Å². The maximum Gasteiger partial charge on any atom is 0.209 e. The predicted octanol–water partition coefficient (Wildman–Crippen LogP) is 1.71. The van der Waals surface area contributed by atoms with Gasteiger partial charge in [-0.1, -0.05) is 17.7 Å². The van der Waals surface area contributed by atoms with Crippen LogP contribution in [0.2, 0.25) is 5.02 Å². The molecule has 4 nitrogen and oxygen atoms in total. The molecule has 1 rings (SSSR count). The lowest BCUT2D eigenvalue weighted by molar-refractivity contribution is 0.315. The SMILES string of the molecule is Cc1ccc(Cl)cc1OCCCS(N)(=O)=O. The highest BCUT2D eigenvalue weighted by molar-refractivity contribution is 7.89. The van der Waals surface area contributed by atoms with Gasteiger partial charge in [-0.15, -0.1) is 0 Å². The molecule has 1 aromatic rings. The molecule has 90 valence electrons. The summed E-state index contributed by atoms with van der Waals surface area (Å²) >= 11 is 5.81. The van der Waals surface area contributed by atoms with E-state index in [1.54, 1.807) is 12.1 Å². The number of primary sulfonamides is 1. The van der Waals surface area contributed by atoms with Crippen molar-refractivity contribution in [3.63, 3.8) is 0 Å². The van der Waals surface area contributed by atoms with E-state index < -0.39 is 10.0 Å². The fourth-order valence-corrected chi connectivity index (χ4v) is 1.85. The molecular weight excluding hydrogens is 250 g/mol. The number of sulfonamides is 1. The normalized spacial score (nSPS) is 11.4. The minimum absolute atomic E-state index is 0.0768. The van der Waals surface area contributed by atoms with Gasteiger partial charge in [-0.05, 0) is 31.0 Å². The standard InChI is InChI=1S/C10H14ClNO3S/c1-8-3-4-9(11)7-10(8)15-5-2-6-16(12,13)14/h3-4,7H,2,5-6H2,1H3,(H2,12,13,14). The Morgan fingerprint density at radius 2 is 2.12 bits per heavy atom. The largest absolute Gasteiger partial charge is 0.493 e. The lowest BCUT2D eigenvalue weighted by atomic mass is 10.2. The summed E-state index contributed by atoms with van der Waals surface area (Å²) in [4.78, 5) is 0. The van der Waals surface area contributed by atoms with Gasteiger partial charge in [0.2, 0.25) is 10.0 Å². The maximum atomic E-state index is 10.7. The first-order chi connectivity index (χ1) is 7.38. The maximum absolute atomic E-state index is 10.7. The molecule has 0 aliphatic carbocycles. The Morgan fingerprint density at radius 1 is 1.44 bits per heavy atom. The van der Waals surface area contributed by atoms with Crippen LogP contribution in [0.3, 0.4) is 0 Å². The molecular formula is C10H14ClNO3S. The zero-order valence-electron chi connectivity index (χ0n) is 8.94. The number of ether oxygens (including phenoxy) is 1. The van der Waals surface area contributed by atoms with Gasteiger partial charge in [0, 0.05) is 5.02 Å². The molecule has 0 atom stereocenters. The van der Waals surface area contributed by atoms with Crippen LogP contribution in [-0.2, 0) is 10.0 Å². The Hall–Kier alpha value is -0.780. The lowest BCUT2D eigenvalue weighted by Gasteiger charge is -2.08. The summed E-state index contributed by atoms with van der Waals surface area (Å²) in [5, 5.41) is 5.45. The van der Waals surface area contributed by atoms with E-state index in [1.165, 1.54) is 0 Å². The first kappa shape index (κ1) is 13.3. The van der Waals surface area contributed by atoms with Gasteiger partial charge in [0.05, 0.1) is 12.4 Å². The van der Waals surface area contributed by atoms with Crippen LogP contribution in [0, 0.1) is 6.92 Å². The first-order valence-corrected chi connectivity index (χ1v) is 6.87. The van der Waals surface area contributed by atoms with Gasteiger partial charge >= 0.3 is 0 Å². The molecule has 0 aromatic heterocycles. The molecule has 0 radical (unpaired) electrons. The summed E-state index contributed by atoms with van der Waals surface area (Å²) in [5.74, 6) is 0.592. The Balaban J connectivity index is 2.46. The van der Waals surface area contributed by atoms with Crippen LogP contribution in [0.5, 0.6) is 5.75 Å². The number of aryl methyl sites for hydroxylation is 1. The van der Waals surface area contributed by atoms with E-state index in [4.69, 9.17) is 21.5 Å². The minimum atomic E-state index is -3.40. The molecule has 0 aliphatic rings. The summed E-state index contributed by atoms with van der Waals surface area (Å²) in [5.41, 5.74) is 0.958. The summed E-state index contributed by atoms with van der Waals surface area (Å²) in [6.07, 6.45) is 0.366. The van der Waals surface area contributed by atoms with E-state index >= 15 is 0 Å². The van der Waals surface area contributed by atoms with E-state index in [0.717, 1.165) is 5.56 Å². The van der Waals surface area contributed by atoms with Crippen molar-refractivity contribution in [2.24, 2.45) is 5.14 Å². The Bertz CT molecular complexity index is 459. The number of hydrogen-bond donors (Lipinski definition) is 1. The van der Waals surface area contributed by atoms with Gasteiger partial charge in [-0.3, -0.25) is 0 Å². The molecule has 2 N–H and O–H groups in total. The van der Waals surface area contributed by atoms with Gasteiger partial charge in [0.15, 0.2) is 0 Å². The molecule has 0 saturated heterocycles. The van der Waals surface area contributed by atoms with Crippen molar-refractivity contribution in [3.05, 3.63) is 28.8 Å². The van der Waals surface area contributed by atoms with Crippen molar-refractivity contribution in [3.8, 4) is 5.75 Å². The second kappa shape index (κ2) is 5.52. The quantitative estimate of drug-likeness (QED) is 0.822. The van der Waals surface area contributed by atoms with Crippen LogP contribution >= 0.6 is 11.6 Å². The van der Waals surface area contributed by atoms with Crippen LogP contribution in [-0.4, -0.2) is 20.8 Å². The zero-order valence-corrected chi connectivity index (χ0v) is 10.5. The van der Waals surface area contributed by atoms with Crippen molar-refractivity contribution < 1.29 is 13.2 Å². The molecule has 0 spiro atoms. The van der Waals surface area contributed by atoms with Gasteiger partial charge < -0.3 is 4.74 Å². The molecule has 0 saturated carbocycles. The highest BCUT2D eigenvalue weighted by Gasteiger charge is 2.04. The van der Waals surface area contributed by atoms with Crippen molar-refractivity contribution >= 4 is 21.6 Å². The van der Waals surface area contributed by atoms with Gasteiger partial charge in [-0.2, -0.15) is 0 Å². The number of benzene rings is 1. The summed E-state index contributed by atoms with van der Waals surface area (Å²) < 4.78 is 26.7. The number of rotatable bonds is 5. The predicted molar refractivity (Wildman–Crippen MR) is 64.3 cm³/mol. The van der Waals surface area contributed by atoms with Gasteiger partial charge in [0.1, 0.15) is 5.75 Å². The number of nitrogens with two attached hydrogens (primary N) is 1. The van der Waals surface area contributed by atoms with Crippen LogP contribution in [0.15, 0.2) is 18.2 Å². The number of halogens is 1. The zero-order chi connectivity index (χ0) is 12.2. The highest BCUT2D eigenvalue weighted by atomic mass is 35.5. The van der Waals surface area contributed by atoms with E-state index in [1.807, 2.05) is 13.0 Å². The van der Waals surface area contributed by atoms with Crippen molar-refractivity contribution in [1.29, 1.82) is 0 Å². The molecule has 0 amide bonds. The second-order valence-electron chi connectivity index (χ2n) is 3.48. The van der Waals surface area contributed by atoms with Gasteiger partial charge in [0.25, 0.3) is 0 Å². The smallest absolute Gasteiger partial charge is 0.209 e. The van der Waals surface area contributed by atoms with Crippen molar-refractivity contribution in [1.82, 2.24) is 0 Å². The molecule has 0 fully saturated rings. The molecule has 0 aliphatic heterocycles. The van der Waals surface area contributed by atoms with Crippen LogP contribution in [0.4, 0.5) is 0 Å². The molecule has 0 heterocycles. The topological polar surface area (TPSA) is 69.4 Å². The third-order valence-corrected chi connectivity index (χ3v) is 3.07. The third-order valence-electron chi connectivity index (χ3n) is 1.98. The van der Waals surface area contributed by atoms with Crippen molar-refractivity contribution in [2.45, 2.75) is 13.3 Å². The molecule has 0 bridgehead atoms. The Labute approximate surface area is 100 Å². The fourth-order valence-electron chi connectivity index (χ4n) is 1.17. The average molecular weight is 264 g/mol. The summed E-state index contributed by atoms with van der Waals surface area (Å²) in [6.45, 7) is 2.20. The average Bonchev–Trinajstić information content (AvgIpc) is 2.16. The molecule has 1 aromatic carbocycles. The summed E-state index contributed by atoms with van der Waals surface area (Å²) in [6, 6.07) is 5.32. The molecule has 6 heteroatoms. The van der Waals surface area contributed by atoms with E-state index in [2.05, 4.69) is 0 Å².